The number of imide groups is 1. The Balaban J connectivity index is 2.12. The van der Waals surface area contributed by atoms with Crippen LogP contribution in [0.3, 0.4) is 0 Å². The van der Waals surface area contributed by atoms with Crippen LogP contribution in [0.4, 0.5) is 0 Å². The van der Waals surface area contributed by atoms with Gasteiger partial charge in [-0.05, 0) is 36.8 Å². The van der Waals surface area contributed by atoms with Crippen LogP contribution in [0.1, 0.15) is 68.2 Å². The third kappa shape index (κ3) is 3.07. The SMILES string of the molecule is CCC(C)CC(C)(C)C(C)ON1C(=O)c2ccccc2C1=O. The molecule has 0 aromatic heterocycles. The molecule has 1 aliphatic heterocycles. The molecule has 4 heteroatoms. The highest BCUT2D eigenvalue weighted by Gasteiger charge is 2.40. The molecule has 0 N–H and O–H groups in total. The van der Waals surface area contributed by atoms with Gasteiger partial charge >= 0.3 is 0 Å². The average Bonchev–Trinajstić information content (AvgIpc) is 2.72. The van der Waals surface area contributed by atoms with E-state index in [9.17, 15) is 9.59 Å². The largest absolute Gasteiger partial charge is 0.285 e. The lowest BCUT2D eigenvalue weighted by Gasteiger charge is -2.35. The first kappa shape index (κ1) is 16.7. The van der Waals surface area contributed by atoms with Crippen molar-refractivity contribution in [1.82, 2.24) is 5.06 Å². The lowest BCUT2D eigenvalue weighted by molar-refractivity contribution is -0.162. The molecule has 0 spiro atoms. The molecule has 0 aliphatic carbocycles. The molecule has 1 aromatic rings. The Morgan fingerprint density at radius 2 is 1.59 bits per heavy atom. The molecule has 0 radical (unpaired) electrons. The second kappa shape index (κ2) is 6.21. The van der Waals surface area contributed by atoms with Crippen molar-refractivity contribution in [1.29, 1.82) is 0 Å². The van der Waals surface area contributed by atoms with Crippen LogP contribution < -0.4 is 0 Å². The van der Waals surface area contributed by atoms with Gasteiger partial charge in [0.2, 0.25) is 0 Å². The summed E-state index contributed by atoms with van der Waals surface area (Å²) in [7, 11) is 0. The fraction of sp³-hybridized carbons (Fsp3) is 0.556. The molecule has 1 aliphatic rings. The number of carbonyl (C=O) groups is 2. The summed E-state index contributed by atoms with van der Waals surface area (Å²) in [6.07, 6.45) is 1.85. The zero-order valence-corrected chi connectivity index (χ0v) is 14.1. The lowest BCUT2D eigenvalue weighted by atomic mass is 9.78. The highest BCUT2D eigenvalue weighted by Crippen LogP contribution is 2.34. The molecule has 0 bridgehead atoms. The maximum atomic E-state index is 12.3. The van der Waals surface area contributed by atoms with Crippen LogP contribution in [0.5, 0.6) is 0 Å². The number of hydrogen-bond donors (Lipinski definition) is 0. The molecule has 1 aromatic carbocycles. The van der Waals surface area contributed by atoms with Gasteiger partial charge < -0.3 is 0 Å². The first-order valence-electron chi connectivity index (χ1n) is 7.92. The van der Waals surface area contributed by atoms with E-state index in [1.165, 1.54) is 0 Å². The molecule has 0 saturated heterocycles. The second-order valence-electron chi connectivity index (χ2n) is 6.90. The van der Waals surface area contributed by atoms with E-state index in [2.05, 4.69) is 27.7 Å². The highest BCUT2D eigenvalue weighted by atomic mass is 16.7. The zero-order valence-electron chi connectivity index (χ0n) is 14.1. The molecule has 4 nitrogen and oxygen atoms in total. The first-order chi connectivity index (χ1) is 10.3. The van der Waals surface area contributed by atoms with Crippen LogP contribution in [0.25, 0.3) is 0 Å². The van der Waals surface area contributed by atoms with Gasteiger partial charge in [0.1, 0.15) is 0 Å². The highest BCUT2D eigenvalue weighted by molar-refractivity contribution is 6.20. The molecular formula is C18H25NO3. The fourth-order valence-corrected chi connectivity index (χ4v) is 2.77. The summed E-state index contributed by atoms with van der Waals surface area (Å²) in [6, 6.07) is 6.83. The summed E-state index contributed by atoms with van der Waals surface area (Å²) < 4.78 is 0. The normalized spacial score (nSPS) is 17.6. The molecule has 120 valence electrons. The molecular weight excluding hydrogens is 278 g/mol. The Morgan fingerprint density at radius 1 is 1.09 bits per heavy atom. The van der Waals surface area contributed by atoms with Crippen molar-refractivity contribution < 1.29 is 14.4 Å². The molecule has 2 atom stereocenters. The van der Waals surface area contributed by atoms with Gasteiger partial charge in [-0.2, -0.15) is 0 Å². The summed E-state index contributed by atoms with van der Waals surface area (Å²) in [5.41, 5.74) is 0.712. The van der Waals surface area contributed by atoms with Gasteiger partial charge in [0.25, 0.3) is 11.8 Å². The van der Waals surface area contributed by atoms with Crippen molar-refractivity contribution >= 4 is 11.8 Å². The van der Waals surface area contributed by atoms with Crippen LogP contribution in [-0.2, 0) is 4.84 Å². The zero-order chi connectivity index (χ0) is 16.5. The predicted molar refractivity (Wildman–Crippen MR) is 85.3 cm³/mol. The Bertz CT molecular complexity index is 544. The third-order valence-electron chi connectivity index (χ3n) is 4.69. The molecule has 1 heterocycles. The minimum absolute atomic E-state index is 0.120. The molecule has 2 unspecified atom stereocenters. The van der Waals surface area contributed by atoms with Gasteiger partial charge in [-0.1, -0.05) is 46.2 Å². The molecule has 2 rings (SSSR count). The number of benzene rings is 1. The van der Waals surface area contributed by atoms with E-state index >= 15 is 0 Å². The molecule has 2 amide bonds. The minimum Gasteiger partial charge on any atom is -0.266 e. The number of rotatable bonds is 6. The maximum absolute atomic E-state index is 12.3. The Hall–Kier alpha value is -1.68. The van der Waals surface area contributed by atoms with Crippen molar-refractivity contribution in [2.24, 2.45) is 11.3 Å². The van der Waals surface area contributed by atoms with Gasteiger partial charge in [-0.15, -0.1) is 5.06 Å². The van der Waals surface area contributed by atoms with E-state index in [1.54, 1.807) is 24.3 Å². The number of nitrogens with zero attached hydrogens (tertiary/aromatic N) is 1. The van der Waals surface area contributed by atoms with Crippen molar-refractivity contribution in [2.75, 3.05) is 0 Å². The van der Waals surface area contributed by atoms with E-state index in [1.807, 2.05) is 6.92 Å². The average molecular weight is 303 g/mol. The number of hydrogen-bond acceptors (Lipinski definition) is 3. The minimum atomic E-state index is -0.369. The topological polar surface area (TPSA) is 46.6 Å². The quantitative estimate of drug-likeness (QED) is 0.744. The van der Waals surface area contributed by atoms with Gasteiger partial charge in [-0.25, -0.2) is 0 Å². The molecule has 0 saturated carbocycles. The van der Waals surface area contributed by atoms with E-state index in [0.717, 1.165) is 17.9 Å². The summed E-state index contributed by atoms with van der Waals surface area (Å²) in [5, 5.41) is 0.924. The molecule has 22 heavy (non-hydrogen) atoms. The fourth-order valence-electron chi connectivity index (χ4n) is 2.77. The van der Waals surface area contributed by atoms with Crippen molar-refractivity contribution in [3.05, 3.63) is 35.4 Å². The Morgan fingerprint density at radius 3 is 2.05 bits per heavy atom. The van der Waals surface area contributed by atoms with E-state index in [-0.39, 0.29) is 23.3 Å². The summed E-state index contributed by atoms with van der Waals surface area (Å²) in [5.74, 6) is -0.165. The van der Waals surface area contributed by atoms with Crippen LogP contribution >= 0.6 is 0 Å². The Kier molecular flexibility index (Phi) is 4.71. The standard InChI is InChI=1S/C18H25NO3/c1-6-12(2)11-18(4,5)13(3)22-19-16(20)14-9-7-8-10-15(14)17(19)21/h7-10,12-13H,6,11H2,1-5H3. The maximum Gasteiger partial charge on any atom is 0.285 e. The van der Waals surface area contributed by atoms with E-state index in [0.29, 0.717) is 17.0 Å². The first-order valence-corrected chi connectivity index (χ1v) is 7.92. The third-order valence-corrected chi connectivity index (χ3v) is 4.69. The van der Waals surface area contributed by atoms with Crippen molar-refractivity contribution in [2.45, 2.75) is 53.6 Å². The van der Waals surface area contributed by atoms with Crippen LogP contribution in [0.2, 0.25) is 0 Å². The van der Waals surface area contributed by atoms with Gasteiger partial charge in [0, 0.05) is 0 Å². The summed E-state index contributed by atoms with van der Waals surface area (Å²) in [4.78, 5) is 30.4. The monoisotopic (exact) mass is 303 g/mol. The second-order valence-corrected chi connectivity index (χ2v) is 6.90. The number of hydroxylamine groups is 2. The Labute approximate surface area is 132 Å². The van der Waals surface area contributed by atoms with Crippen LogP contribution in [0.15, 0.2) is 24.3 Å². The molecule has 0 fully saturated rings. The lowest BCUT2D eigenvalue weighted by Crippen LogP contribution is -2.40. The van der Waals surface area contributed by atoms with E-state index in [4.69, 9.17) is 4.84 Å². The van der Waals surface area contributed by atoms with Crippen molar-refractivity contribution in [3.63, 3.8) is 0 Å². The number of carbonyl (C=O) groups excluding carboxylic acids is 2. The van der Waals surface area contributed by atoms with Gasteiger partial charge in [0.05, 0.1) is 17.2 Å². The predicted octanol–water partition coefficient (Wildman–Crippen LogP) is 4.07. The number of fused-ring (bicyclic) bond motifs is 1. The van der Waals surface area contributed by atoms with Crippen LogP contribution in [-0.4, -0.2) is 23.0 Å². The van der Waals surface area contributed by atoms with Crippen molar-refractivity contribution in [3.8, 4) is 0 Å². The van der Waals surface area contributed by atoms with E-state index < -0.39 is 0 Å². The number of amides is 2. The van der Waals surface area contributed by atoms with Crippen LogP contribution in [0, 0.1) is 11.3 Å². The smallest absolute Gasteiger partial charge is 0.266 e. The van der Waals surface area contributed by atoms with Gasteiger partial charge in [-0.3, -0.25) is 14.4 Å². The summed E-state index contributed by atoms with van der Waals surface area (Å²) in [6.45, 7) is 10.5. The van der Waals surface area contributed by atoms with Gasteiger partial charge in [0.15, 0.2) is 0 Å². The summed E-state index contributed by atoms with van der Waals surface area (Å²) >= 11 is 0.